The van der Waals surface area contributed by atoms with Crippen LogP contribution < -0.4 is 9.47 Å². The van der Waals surface area contributed by atoms with Crippen molar-refractivity contribution in [2.45, 2.75) is 0 Å². The summed E-state index contributed by atoms with van der Waals surface area (Å²) in [5.41, 5.74) is 0.398. The standard InChI is InChI=1S/C14H8O4/c15-13-11-6-1-2-7-12(11)14(16)18-10-5-3-4-9(8-10)17-13/h1-8H. The minimum Gasteiger partial charge on any atom is -0.423 e. The summed E-state index contributed by atoms with van der Waals surface area (Å²) in [7, 11) is 0. The van der Waals surface area contributed by atoms with E-state index < -0.39 is 11.9 Å². The van der Waals surface area contributed by atoms with Gasteiger partial charge in [0, 0.05) is 6.07 Å². The van der Waals surface area contributed by atoms with Gasteiger partial charge in [0.15, 0.2) is 0 Å². The van der Waals surface area contributed by atoms with Crippen molar-refractivity contribution in [3.63, 3.8) is 0 Å². The number of benzene rings is 2. The highest BCUT2D eigenvalue weighted by Crippen LogP contribution is 2.24. The van der Waals surface area contributed by atoms with Crippen LogP contribution in [-0.2, 0) is 0 Å². The van der Waals surface area contributed by atoms with Crippen molar-refractivity contribution >= 4 is 11.9 Å². The third-order valence-electron chi connectivity index (χ3n) is 2.59. The van der Waals surface area contributed by atoms with Gasteiger partial charge in [-0.25, -0.2) is 9.59 Å². The Bertz CT molecular complexity index is 593. The first-order valence-electron chi connectivity index (χ1n) is 5.37. The van der Waals surface area contributed by atoms with Gasteiger partial charge < -0.3 is 9.47 Å². The summed E-state index contributed by atoms with van der Waals surface area (Å²) in [6.45, 7) is 0. The number of hydrogen-bond acceptors (Lipinski definition) is 4. The largest absolute Gasteiger partial charge is 0.423 e. The van der Waals surface area contributed by atoms with E-state index in [2.05, 4.69) is 0 Å². The predicted octanol–water partition coefficient (Wildman–Crippen LogP) is 2.44. The Balaban J connectivity index is 2.18. The molecule has 1 aliphatic rings. The fourth-order valence-corrected chi connectivity index (χ4v) is 1.76. The SMILES string of the molecule is O=C1Oc2cccc(c2)OC(=O)c2ccccc21. The summed E-state index contributed by atoms with van der Waals surface area (Å²) in [4.78, 5) is 23.9. The monoisotopic (exact) mass is 240 g/mol. The maximum Gasteiger partial charge on any atom is 0.344 e. The normalized spacial score (nSPS) is 13.6. The maximum absolute atomic E-state index is 11.9. The van der Waals surface area contributed by atoms with Crippen LogP contribution in [0.25, 0.3) is 0 Å². The molecular weight excluding hydrogens is 232 g/mol. The average molecular weight is 240 g/mol. The van der Waals surface area contributed by atoms with Crippen molar-refractivity contribution in [3.05, 3.63) is 59.7 Å². The summed E-state index contributed by atoms with van der Waals surface area (Å²) in [5, 5.41) is 0. The molecule has 0 unspecified atom stereocenters. The van der Waals surface area contributed by atoms with Gasteiger partial charge in [0.2, 0.25) is 0 Å². The van der Waals surface area contributed by atoms with E-state index in [1.807, 2.05) is 0 Å². The molecule has 0 aliphatic carbocycles. The molecule has 4 nitrogen and oxygen atoms in total. The molecule has 2 aromatic carbocycles. The van der Waals surface area contributed by atoms with Gasteiger partial charge in [-0.2, -0.15) is 0 Å². The topological polar surface area (TPSA) is 52.6 Å². The number of rotatable bonds is 0. The smallest absolute Gasteiger partial charge is 0.344 e. The van der Waals surface area contributed by atoms with Crippen LogP contribution in [0, 0.1) is 0 Å². The van der Waals surface area contributed by atoms with E-state index in [9.17, 15) is 9.59 Å². The van der Waals surface area contributed by atoms with Gasteiger partial charge in [-0.15, -0.1) is 0 Å². The molecule has 4 heteroatoms. The van der Waals surface area contributed by atoms with Gasteiger partial charge in [-0.1, -0.05) is 18.2 Å². The van der Waals surface area contributed by atoms with E-state index in [-0.39, 0.29) is 11.1 Å². The molecule has 2 bridgehead atoms. The predicted molar refractivity (Wildman–Crippen MR) is 62.8 cm³/mol. The van der Waals surface area contributed by atoms with Crippen LogP contribution in [0.3, 0.4) is 0 Å². The molecule has 2 aromatic rings. The van der Waals surface area contributed by atoms with Crippen LogP contribution in [0.15, 0.2) is 48.5 Å². The van der Waals surface area contributed by atoms with Gasteiger partial charge in [-0.05, 0) is 24.3 Å². The Kier molecular flexibility index (Phi) is 2.34. The highest BCUT2D eigenvalue weighted by Gasteiger charge is 2.22. The number of fused-ring (bicyclic) bond motifs is 3. The van der Waals surface area contributed by atoms with E-state index in [0.29, 0.717) is 11.5 Å². The summed E-state index contributed by atoms with van der Waals surface area (Å²) in [6, 6.07) is 12.8. The maximum atomic E-state index is 11.9. The lowest BCUT2D eigenvalue weighted by atomic mass is 10.1. The van der Waals surface area contributed by atoms with E-state index in [1.54, 1.807) is 30.3 Å². The van der Waals surface area contributed by atoms with Crippen LogP contribution in [0.4, 0.5) is 0 Å². The van der Waals surface area contributed by atoms with Crippen molar-refractivity contribution in [1.82, 2.24) is 0 Å². The summed E-state index contributed by atoms with van der Waals surface area (Å²) < 4.78 is 10.4. The van der Waals surface area contributed by atoms with E-state index in [0.717, 1.165) is 0 Å². The Morgan fingerprint density at radius 3 is 1.67 bits per heavy atom. The van der Waals surface area contributed by atoms with Crippen molar-refractivity contribution in [2.75, 3.05) is 0 Å². The lowest BCUT2D eigenvalue weighted by Gasteiger charge is -2.05. The molecule has 18 heavy (non-hydrogen) atoms. The summed E-state index contributed by atoms with van der Waals surface area (Å²) in [6.07, 6.45) is 0. The lowest BCUT2D eigenvalue weighted by molar-refractivity contribution is 0.0703. The first kappa shape index (κ1) is 10.5. The van der Waals surface area contributed by atoms with Crippen molar-refractivity contribution in [3.8, 4) is 11.5 Å². The van der Waals surface area contributed by atoms with Crippen LogP contribution in [0.2, 0.25) is 0 Å². The number of esters is 2. The zero-order chi connectivity index (χ0) is 12.5. The Hall–Kier alpha value is -2.62. The van der Waals surface area contributed by atoms with E-state index in [1.165, 1.54) is 18.2 Å². The quantitative estimate of drug-likeness (QED) is 0.524. The molecule has 0 spiro atoms. The molecule has 88 valence electrons. The van der Waals surface area contributed by atoms with Crippen molar-refractivity contribution in [1.29, 1.82) is 0 Å². The lowest BCUT2D eigenvalue weighted by Crippen LogP contribution is -2.15. The minimum absolute atomic E-state index is 0.199. The van der Waals surface area contributed by atoms with Crippen LogP contribution >= 0.6 is 0 Å². The fraction of sp³-hybridized carbons (Fsp3) is 0. The van der Waals surface area contributed by atoms with Gasteiger partial charge in [-0.3, -0.25) is 0 Å². The van der Waals surface area contributed by atoms with Crippen molar-refractivity contribution < 1.29 is 19.1 Å². The molecule has 0 aromatic heterocycles. The third-order valence-corrected chi connectivity index (χ3v) is 2.59. The first-order valence-corrected chi connectivity index (χ1v) is 5.37. The molecule has 0 saturated heterocycles. The van der Waals surface area contributed by atoms with Gasteiger partial charge >= 0.3 is 11.9 Å². The number of ether oxygens (including phenoxy) is 2. The fourth-order valence-electron chi connectivity index (χ4n) is 1.76. The second-order valence-electron chi connectivity index (χ2n) is 3.80. The average Bonchev–Trinajstić information content (AvgIpc) is 2.41. The Morgan fingerprint density at radius 2 is 1.17 bits per heavy atom. The van der Waals surface area contributed by atoms with Gasteiger partial charge in [0.25, 0.3) is 0 Å². The molecule has 0 fully saturated rings. The third kappa shape index (κ3) is 1.73. The minimum atomic E-state index is -0.568. The second-order valence-corrected chi connectivity index (χ2v) is 3.80. The molecule has 0 amide bonds. The van der Waals surface area contributed by atoms with E-state index >= 15 is 0 Å². The van der Waals surface area contributed by atoms with E-state index in [4.69, 9.17) is 9.47 Å². The van der Waals surface area contributed by atoms with Crippen LogP contribution in [-0.4, -0.2) is 11.9 Å². The van der Waals surface area contributed by atoms with Crippen molar-refractivity contribution in [2.24, 2.45) is 0 Å². The molecule has 0 radical (unpaired) electrons. The Morgan fingerprint density at radius 1 is 0.667 bits per heavy atom. The first-order chi connectivity index (χ1) is 8.74. The molecule has 1 heterocycles. The summed E-state index contributed by atoms with van der Waals surface area (Å²) in [5.74, 6) is -0.438. The molecule has 1 aliphatic heterocycles. The zero-order valence-corrected chi connectivity index (χ0v) is 9.25. The highest BCUT2D eigenvalue weighted by molar-refractivity contribution is 6.04. The second kappa shape index (κ2) is 4.00. The molecule has 0 N–H and O–H groups in total. The molecular formula is C14H8O4. The Labute approximate surface area is 103 Å². The molecule has 0 atom stereocenters. The molecule has 3 rings (SSSR count). The number of carbonyl (C=O) groups excluding carboxylic acids is 2. The van der Waals surface area contributed by atoms with Gasteiger partial charge in [0.05, 0.1) is 11.1 Å². The van der Waals surface area contributed by atoms with Crippen LogP contribution in [0.1, 0.15) is 20.7 Å². The number of hydrogen-bond donors (Lipinski definition) is 0. The number of carbonyl (C=O) groups is 2. The molecule has 0 saturated carbocycles. The van der Waals surface area contributed by atoms with Gasteiger partial charge in [0.1, 0.15) is 11.5 Å². The van der Waals surface area contributed by atoms with Crippen LogP contribution in [0.5, 0.6) is 11.5 Å². The zero-order valence-electron chi connectivity index (χ0n) is 9.25. The summed E-state index contributed by atoms with van der Waals surface area (Å²) >= 11 is 0. The highest BCUT2D eigenvalue weighted by atomic mass is 16.5.